The molecule has 2 aromatic rings. The molecule has 5 nitrogen and oxygen atoms in total. The quantitative estimate of drug-likeness (QED) is 0.851. The summed E-state index contributed by atoms with van der Waals surface area (Å²) < 4.78 is 7.51. The van der Waals surface area contributed by atoms with Crippen molar-refractivity contribution in [3.05, 3.63) is 48.3 Å². The van der Waals surface area contributed by atoms with E-state index in [0.717, 1.165) is 30.7 Å². The molecule has 1 saturated heterocycles. The van der Waals surface area contributed by atoms with Crippen LogP contribution >= 0.6 is 0 Å². The highest BCUT2D eigenvalue weighted by Crippen LogP contribution is 2.19. The Morgan fingerprint density at radius 3 is 2.91 bits per heavy atom. The van der Waals surface area contributed by atoms with Crippen molar-refractivity contribution in [2.75, 3.05) is 13.2 Å². The van der Waals surface area contributed by atoms with Crippen LogP contribution in [0.2, 0.25) is 0 Å². The molecule has 1 amide bonds. The van der Waals surface area contributed by atoms with Crippen LogP contribution < -0.4 is 4.74 Å². The Morgan fingerprint density at radius 1 is 1.36 bits per heavy atom. The molecule has 0 unspecified atom stereocenters. The number of benzene rings is 1. The van der Waals surface area contributed by atoms with Crippen LogP contribution in [0.25, 0.3) is 0 Å². The molecule has 0 radical (unpaired) electrons. The maximum absolute atomic E-state index is 12.5. The zero-order valence-corrected chi connectivity index (χ0v) is 12.8. The molecule has 1 aromatic heterocycles. The summed E-state index contributed by atoms with van der Waals surface area (Å²) in [6.07, 6.45) is 5.69. The highest BCUT2D eigenvalue weighted by atomic mass is 16.5. The molecule has 0 N–H and O–H groups in total. The predicted octanol–water partition coefficient (Wildman–Crippen LogP) is 2.26. The van der Waals surface area contributed by atoms with E-state index in [1.165, 1.54) is 0 Å². The molecule has 1 fully saturated rings. The summed E-state index contributed by atoms with van der Waals surface area (Å²) in [5.74, 6) is 0.965. The monoisotopic (exact) mass is 299 g/mol. The first-order valence-corrected chi connectivity index (χ1v) is 7.69. The molecule has 1 aliphatic heterocycles. The first kappa shape index (κ1) is 14.6. The Bertz CT molecular complexity index is 624. The van der Waals surface area contributed by atoms with Crippen LogP contribution in [-0.2, 0) is 11.3 Å². The van der Waals surface area contributed by atoms with Crippen LogP contribution in [0.1, 0.15) is 18.4 Å². The summed E-state index contributed by atoms with van der Waals surface area (Å²) in [7, 11) is 0. The molecule has 0 aliphatic carbocycles. The maximum atomic E-state index is 12.5. The largest absolute Gasteiger partial charge is 0.491 e. The number of rotatable bonds is 5. The van der Waals surface area contributed by atoms with Gasteiger partial charge in [0.2, 0.25) is 5.91 Å². The van der Waals surface area contributed by atoms with Gasteiger partial charge in [0.15, 0.2) is 0 Å². The normalized spacial score (nSPS) is 17.7. The molecule has 3 rings (SSSR count). The van der Waals surface area contributed by atoms with Crippen LogP contribution in [-0.4, -0.2) is 39.8 Å². The second-order valence-corrected chi connectivity index (χ2v) is 5.72. The Morgan fingerprint density at radius 2 is 2.18 bits per heavy atom. The molecule has 22 heavy (non-hydrogen) atoms. The lowest BCUT2D eigenvalue weighted by Gasteiger charge is -2.24. The van der Waals surface area contributed by atoms with Crippen molar-refractivity contribution in [1.82, 2.24) is 14.7 Å². The maximum Gasteiger partial charge on any atom is 0.244 e. The van der Waals surface area contributed by atoms with Gasteiger partial charge in [-0.3, -0.25) is 9.48 Å². The van der Waals surface area contributed by atoms with Gasteiger partial charge in [-0.05, 0) is 37.5 Å². The lowest BCUT2D eigenvalue weighted by atomic mass is 10.2. The second-order valence-electron chi connectivity index (χ2n) is 5.72. The van der Waals surface area contributed by atoms with E-state index in [-0.39, 0.29) is 11.9 Å². The lowest BCUT2D eigenvalue weighted by molar-refractivity contribution is -0.133. The highest BCUT2D eigenvalue weighted by Gasteiger charge is 2.29. The van der Waals surface area contributed by atoms with E-state index in [1.54, 1.807) is 10.9 Å². The number of para-hydroxylation sites is 1. The van der Waals surface area contributed by atoms with Crippen molar-refractivity contribution in [2.24, 2.45) is 0 Å². The van der Waals surface area contributed by atoms with Crippen molar-refractivity contribution in [3.8, 4) is 5.75 Å². The Kier molecular flexibility index (Phi) is 4.42. The zero-order valence-electron chi connectivity index (χ0n) is 12.8. The predicted molar refractivity (Wildman–Crippen MR) is 83.6 cm³/mol. The van der Waals surface area contributed by atoms with Gasteiger partial charge in [0, 0.05) is 12.7 Å². The van der Waals surface area contributed by atoms with E-state index in [1.807, 2.05) is 48.4 Å². The molecule has 2 heterocycles. The van der Waals surface area contributed by atoms with Crippen molar-refractivity contribution >= 4 is 5.91 Å². The van der Waals surface area contributed by atoms with E-state index >= 15 is 0 Å². The van der Waals surface area contributed by atoms with Crippen molar-refractivity contribution < 1.29 is 9.53 Å². The molecule has 0 bridgehead atoms. The number of aryl methyl sites for hydroxylation is 1. The summed E-state index contributed by atoms with van der Waals surface area (Å²) in [6, 6.07) is 9.90. The molecule has 5 heteroatoms. The van der Waals surface area contributed by atoms with Crippen LogP contribution in [0.15, 0.2) is 42.7 Å². The molecule has 0 spiro atoms. The highest BCUT2D eigenvalue weighted by molar-refractivity contribution is 5.76. The Hall–Kier alpha value is -2.30. The summed E-state index contributed by atoms with van der Waals surface area (Å²) in [4.78, 5) is 14.4. The average Bonchev–Trinajstić information content (AvgIpc) is 3.15. The van der Waals surface area contributed by atoms with Gasteiger partial charge in [0.1, 0.15) is 18.9 Å². The van der Waals surface area contributed by atoms with Crippen molar-refractivity contribution in [2.45, 2.75) is 32.4 Å². The fourth-order valence-corrected chi connectivity index (χ4v) is 2.83. The standard InChI is InChI=1S/C17H21N3O2/c1-14-10-18-19(11-14)12-17(21)20-9-5-6-15(20)13-22-16-7-3-2-4-8-16/h2-4,7-8,10-11,15H,5-6,9,12-13H2,1H3/t15-/m0/s1. The van der Waals surface area contributed by atoms with Gasteiger partial charge >= 0.3 is 0 Å². The number of amides is 1. The number of carbonyl (C=O) groups excluding carboxylic acids is 1. The number of nitrogens with zero attached hydrogens (tertiary/aromatic N) is 3. The third kappa shape index (κ3) is 3.47. The van der Waals surface area contributed by atoms with Gasteiger partial charge in [0.25, 0.3) is 0 Å². The van der Waals surface area contributed by atoms with Gasteiger partial charge in [-0.25, -0.2) is 0 Å². The molecule has 0 saturated carbocycles. The molecule has 116 valence electrons. The molecule has 1 aromatic carbocycles. The van der Waals surface area contributed by atoms with Gasteiger partial charge < -0.3 is 9.64 Å². The van der Waals surface area contributed by atoms with E-state index in [2.05, 4.69) is 5.10 Å². The van der Waals surface area contributed by atoms with Crippen LogP contribution in [0.4, 0.5) is 0 Å². The van der Waals surface area contributed by atoms with Crippen LogP contribution in [0.5, 0.6) is 5.75 Å². The summed E-state index contributed by atoms with van der Waals surface area (Å²) in [5.41, 5.74) is 1.07. The van der Waals surface area contributed by atoms with Gasteiger partial charge in [-0.1, -0.05) is 18.2 Å². The topological polar surface area (TPSA) is 47.4 Å². The van der Waals surface area contributed by atoms with E-state index < -0.39 is 0 Å². The van der Waals surface area contributed by atoms with E-state index in [4.69, 9.17) is 4.74 Å². The summed E-state index contributed by atoms with van der Waals surface area (Å²) in [6.45, 7) is 3.63. The zero-order chi connectivity index (χ0) is 15.4. The molecule has 1 aliphatic rings. The second kappa shape index (κ2) is 6.64. The number of hydrogen-bond acceptors (Lipinski definition) is 3. The molecule has 1 atom stereocenters. The number of aromatic nitrogens is 2. The number of carbonyl (C=O) groups is 1. The first-order valence-electron chi connectivity index (χ1n) is 7.69. The first-order chi connectivity index (χ1) is 10.7. The minimum Gasteiger partial charge on any atom is -0.491 e. The van der Waals surface area contributed by atoms with Crippen molar-refractivity contribution in [3.63, 3.8) is 0 Å². The van der Waals surface area contributed by atoms with Gasteiger partial charge in [-0.2, -0.15) is 5.10 Å². The number of likely N-dealkylation sites (tertiary alicyclic amines) is 1. The Labute approximate surface area is 130 Å². The molecular weight excluding hydrogens is 278 g/mol. The Balaban J connectivity index is 1.56. The van der Waals surface area contributed by atoms with E-state index in [0.29, 0.717) is 13.2 Å². The summed E-state index contributed by atoms with van der Waals surface area (Å²) >= 11 is 0. The number of ether oxygens (including phenoxy) is 1. The third-order valence-electron chi connectivity index (χ3n) is 3.94. The average molecular weight is 299 g/mol. The fraction of sp³-hybridized carbons (Fsp3) is 0.412. The lowest BCUT2D eigenvalue weighted by Crippen LogP contribution is -2.40. The van der Waals surface area contributed by atoms with E-state index in [9.17, 15) is 4.79 Å². The van der Waals surface area contributed by atoms with Gasteiger partial charge in [0.05, 0.1) is 12.2 Å². The fourth-order valence-electron chi connectivity index (χ4n) is 2.83. The smallest absolute Gasteiger partial charge is 0.244 e. The van der Waals surface area contributed by atoms with Crippen molar-refractivity contribution in [1.29, 1.82) is 0 Å². The van der Waals surface area contributed by atoms with Crippen LogP contribution in [0, 0.1) is 6.92 Å². The van der Waals surface area contributed by atoms with Gasteiger partial charge in [-0.15, -0.1) is 0 Å². The number of hydrogen-bond donors (Lipinski definition) is 0. The van der Waals surface area contributed by atoms with Crippen LogP contribution in [0.3, 0.4) is 0 Å². The minimum atomic E-state index is 0.113. The summed E-state index contributed by atoms with van der Waals surface area (Å²) in [5, 5.41) is 4.18. The third-order valence-corrected chi connectivity index (χ3v) is 3.94. The molecular formula is C17H21N3O2. The minimum absolute atomic E-state index is 0.113. The SMILES string of the molecule is Cc1cnn(CC(=O)N2CCC[C@H]2COc2ccccc2)c1.